The number of hydrogen-bond donors (Lipinski definition) is 0. The van der Waals surface area contributed by atoms with Gasteiger partial charge in [0.25, 0.3) is 0 Å². The molecule has 0 radical (unpaired) electrons. The zero-order chi connectivity index (χ0) is 46.6. The Labute approximate surface area is 386 Å². The molecule has 1 saturated heterocycles. The van der Waals surface area contributed by atoms with E-state index in [1.54, 1.807) is 97.1 Å². The van der Waals surface area contributed by atoms with Gasteiger partial charge in [-0.2, -0.15) is 0 Å². The first-order valence-corrected chi connectivity index (χ1v) is 22.4. The Morgan fingerprint density at radius 3 is 1.15 bits per heavy atom. The van der Waals surface area contributed by atoms with Gasteiger partial charge in [0.05, 0.1) is 64.0 Å². The maximum atomic E-state index is 12.8. The molecular formula is C52H60O14. The maximum Gasteiger partial charge on any atom is 0.343 e. The van der Waals surface area contributed by atoms with E-state index in [-0.39, 0.29) is 13.2 Å². The second-order valence-electron chi connectivity index (χ2n) is 15.2. The molecule has 1 heterocycles. The minimum absolute atomic E-state index is 0.201. The summed E-state index contributed by atoms with van der Waals surface area (Å²) in [7, 11) is 0. The largest absolute Gasteiger partial charge is 0.494 e. The maximum absolute atomic E-state index is 12.8. The van der Waals surface area contributed by atoms with Crippen molar-refractivity contribution in [1.29, 1.82) is 0 Å². The Morgan fingerprint density at radius 2 is 0.788 bits per heavy atom. The van der Waals surface area contributed by atoms with Gasteiger partial charge in [-0.25, -0.2) is 19.2 Å². The fourth-order valence-electron chi connectivity index (χ4n) is 6.42. The van der Waals surface area contributed by atoms with E-state index < -0.39 is 36.5 Å². The molecular weight excluding hydrogens is 849 g/mol. The van der Waals surface area contributed by atoms with Gasteiger partial charge in [-0.05, 0) is 110 Å². The fourth-order valence-corrected chi connectivity index (χ4v) is 6.42. The summed E-state index contributed by atoms with van der Waals surface area (Å²) in [4.78, 5) is 47.7. The summed E-state index contributed by atoms with van der Waals surface area (Å²) in [5.74, 6) is 0.369. The first kappa shape index (κ1) is 50.7. The van der Waals surface area contributed by atoms with Gasteiger partial charge >= 0.3 is 23.9 Å². The minimum Gasteiger partial charge on any atom is -0.494 e. The van der Waals surface area contributed by atoms with Gasteiger partial charge in [0.1, 0.15) is 23.0 Å². The van der Waals surface area contributed by atoms with Crippen LogP contribution in [0.4, 0.5) is 0 Å². The molecule has 2 atom stereocenters. The van der Waals surface area contributed by atoms with Crippen LogP contribution in [0.15, 0.2) is 122 Å². The number of hydrogen-bond acceptors (Lipinski definition) is 14. The van der Waals surface area contributed by atoms with Crippen LogP contribution in [0, 0.1) is 0 Å². The molecule has 4 aromatic carbocycles. The predicted molar refractivity (Wildman–Crippen MR) is 244 cm³/mol. The Bertz CT molecular complexity index is 1930. The van der Waals surface area contributed by atoms with Crippen molar-refractivity contribution < 1.29 is 66.5 Å². The van der Waals surface area contributed by atoms with Crippen LogP contribution in [0.1, 0.15) is 96.1 Å². The zero-order valence-electron chi connectivity index (χ0n) is 37.4. The smallest absolute Gasteiger partial charge is 0.343 e. The van der Waals surface area contributed by atoms with E-state index in [1.807, 2.05) is 0 Å². The number of esters is 4. The molecule has 0 unspecified atom stereocenters. The number of ether oxygens (including phenoxy) is 10. The average molecular weight is 909 g/mol. The summed E-state index contributed by atoms with van der Waals surface area (Å²) in [5.41, 5.74) is 2.45. The number of carbonyl (C=O) groups excluding carboxylic acids is 4. The molecule has 14 heteroatoms. The molecule has 1 aliphatic rings. The Balaban J connectivity index is 0.943. The van der Waals surface area contributed by atoms with Crippen molar-refractivity contribution in [1.82, 2.24) is 0 Å². The summed E-state index contributed by atoms with van der Waals surface area (Å²) >= 11 is 0. The molecule has 0 bridgehead atoms. The number of unbranched alkanes of at least 4 members (excludes halogenated alkanes) is 8. The van der Waals surface area contributed by atoms with Crippen molar-refractivity contribution in [3.63, 3.8) is 0 Å². The van der Waals surface area contributed by atoms with Crippen LogP contribution >= 0.6 is 0 Å². The van der Waals surface area contributed by atoms with Gasteiger partial charge in [-0.15, -0.1) is 0 Å². The van der Waals surface area contributed by atoms with Crippen molar-refractivity contribution in [3.05, 3.63) is 145 Å². The monoisotopic (exact) mass is 908 g/mol. The normalized spacial score (nSPS) is 14.4. The van der Waals surface area contributed by atoms with Gasteiger partial charge in [0, 0.05) is 12.2 Å². The summed E-state index contributed by atoms with van der Waals surface area (Å²) in [5, 5.41) is 0. The first-order valence-electron chi connectivity index (χ1n) is 22.4. The van der Waals surface area contributed by atoms with Crippen LogP contribution in [0.25, 0.3) is 0 Å². The molecule has 0 saturated carbocycles. The van der Waals surface area contributed by atoms with Crippen LogP contribution in [-0.2, 0) is 51.2 Å². The Morgan fingerprint density at radius 1 is 0.455 bits per heavy atom. The molecule has 0 aliphatic carbocycles. The van der Waals surface area contributed by atoms with E-state index in [4.69, 9.17) is 47.4 Å². The van der Waals surface area contributed by atoms with Crippen LogP contribution in [-0.4, -0.2) is 76.1 Å². The predicted octanol–water partition coefficient (Wildman–Crippen LogP) is 9.67. The van der Waals surface area contributed by atoms with Gasteiger partial charge in [-0.1, -0.05) is 75.9 Å². The molecule has 0 spiro atoms. The lowest BCUT2D eigenvalue weighted by atomic mass is 10.1. The van der Waals surface area contributed by atoms with Crippen LogP contribution in [0.5, 0.6) is 23.0 Å². The van der Waals surface area contributed by atoms with Crippen molar-refractivity contribution >= 4 is 23.9 Å². The molecule has 14 nitrogen and oxygen atoms in total. The molecule has 4 aromatic rings. The second kappa shape index (κ2) is 29.3. The van der Waals surface area contributed by atoms with Crippen molar-refractivity contribution in [2.75, 3.05) is 39.6 Å². The minimum atomic E-state index is -0.773. The molecule has 0 amide bonds. The fraction of sp³-hybridized carbons (Fsp3) is 0.385. The van der Waals surface area contributed by atoms with Gasteiger partial charge in [-0.3, -0.25) is 0 Å². The van der Waals surface area contributed by atoms with E-state index in [2.05, 4.69) is 13.2 Å². The highest BCUT2D eigenvalue weighted by molar-refractivity contribution is 5.91. The summed E-state index contributed by atoms with van der Waals surface area (Å²) in [6, 6.07) is 27.7. The van der Waals surface area contributed by atoms with Crippen LogP contribution in [0.2, 0.25) is 0 Å². The number of rotatable bonds is 30. The standard InChI is InChI=1S/C52H60O14/c1-3-47(53)59-33-13-9-5-7-11-31-57-43-27-19-41(20-28-43)49(55)65-45-23-15-39(16-24-45)37-63-51-52(62-36-35-61-51)64-38-40-17-25-46(26-18-40)66-50(56)42-21-29-44(30-22-42)58-32-12-8-6-10-14-34-60-48(54)4-2/h3-4,15-30,51-52H,1-2,5-14,31-38H2/t51-,52-/m1/s1. The van der Waals surface area contributed by atoms with Crippen molar-refractivity contribution in [3.8, 4) is 23.0 Å². The molecule has 352 valence electrons. The molecule has 66 heavy (non-hydrogen) atoms. The van der Waals surface area contributed by atoms with E-state index in [0.29, 0.717) is 73.8 Å². The summed E-state index contributed by atoms with van der Waals surface area (Å²) in [6.07, 6.45) is 10.2. The third kappa shape index (κ3) is 19.0. The van der Waals surface area contributed by atoms with Gasteiger partial charge in [0.2, 0.25) is 12.6 Å². The van der Waals surface area contributed by atoms with E-state index in [1.165, 1.54) is 12.2 Å². The SMILES string of the molecule is C=CC(=O)OCCCCCCCOc1ccc(C(=O)Oc2ccc(CO[C@H]3OCCO[C@@H]3OCc3ccc(OC(=O)c4ccc(OCCCCCCCOC(=O)C=C)cc4)cc3)cc2)cc1. The molecule has 5 rings (SSSR count). The van der Waals surface area contributed by atoms with E-state index in [0.717, 1.165) is 75.3 Å². The number of benzene rings is 4. The van der Waals surface area contributed by atoms with Crippen LogP contribution < -0.4 is 18.9 Å². The van der Waals surface area contributed by atoms with Crippen molar-refractivity contribution in [2.24, 2.45) is 0 Å². The number of carbonyl (C=O) groups is 4. The van der Waals surface area contributed by atoms with E-state index in [9.17, 15) is 19.2 Å². The third-order valence-corrected chi connectivity index (χ3v) is 10.1. The Hall–Kier alpha value is -6.32. The first-order chi connectivity index (χ1) is 32.3. The highest BCUT2D eigenvalue weighted by Crippen LogP contribution is 2.22. The second-order valence-corrected chi connectivity index (χ2v) is 15.2. The van der Waals surface area contributed by atoms with Crippen LogP contribution in [0.3, 0.4) is 0 Å². The highest BCUT2D eigenvalue weighted by Gasteiger charge is 2.29. The quantitative estimate of drug-likeness (QED) is 0.0210. The zero-order valence-corrected chi connectivity index (χ0v) is 37.4. The van der Waals surface area contributed by atoms with E-state index >= 15 is 0 Å². The topological polar surface area (TPSA) is 161 Å². The highest BCUT2D eigenvalue weighted by atomic mass is 16.8. The van der Waals surface area contributed by atoms with Crippen molar-refractivity contribution in [2.45, 2.75) is 90.0 Å². The lowest BCUT2D eigenvalue weighted by Gasteiger charge is -2.31. The van der Waals surface area contributed by atoms with Gasteiger partial charge < -0.3 is 47.4 Å². The third-order valence-electron chi connectivity index (χ3n) is 10.1. The average Bonchev–Trinajstić information content (AvgIpc) is 3.35. The lowest BCUT2D eigenvalue weighted by Crippen LogP contribution is -2.41. The molecule has 0 aromatic heterocycles. The summed E-state index contributed by atoms with van der Waals surface area (Å²) < 4.78 is 56.4. The lowest BCUT2D eigenvalue weighted by molar-refractivity contribution is -0.326. The Kier molecular flexibility index (Phi) is 22.5. The summed E-state index contributed by atoms with van der Waals surface area (Å²) in [6.45, 7) is 9.81. The molecule has 0 N–H and O–H groups in total. The van der Waals surface area contributed by atoms with Gasteiger partial charge in [0.15, 0.2) is 0 Å². The molecule has 1 aliphatic heterocycles. The molecule has 1 fully saturated rings.